The predicted octanol–water partition coefficient (Wildman–Crippen LogP) is 5.17. The average Bonchev–Trinajstić information content (AvgIpc) is 3.13. The summed E-state index contributed by atoms with van der Waals surface area (Å²) in [6.45, 7) is 7.56. The molecular formula is C21H30N2O2. The van der Waals surface area contributed by atoms with Crippen molar-refractivity contribution in [3.8, 4) is 0 Å². The molecule has 0 saturated carbocycles. The maximum absolute atomic E-state index is 12.6. The van der Waals surface area contributed by atoms with E-state index in [-0.39, 0.29) is 18.0 Å². The zero-order chi connectivity index (χ0) is 17.9. The van der Waals surface area contributed by atoms with Crippen molar-refractivity contribution >= 4 is 5.97 Å². The molecule has 2 atom stereocenters. The number of ether oxygens (including phenoxy) is 1. The van der Waals surface area contributed by atoms with E-state index >= 15 is 0 Å². The minimum absolute atomic E-state index is 0.0989. The van der Waals surface area contributed by atoms with Crippen molar-refractivity contribution < 1.29 is 9.53 Å². The summed E-state index contributed by atoms with van der Waals surface area (Å²) in [5.74, 6) is 0.0757. The van der Waals surface area contributed by atoms with Crippen molar-refractivity contribution in [2.75, 3.05) is 13.1 Å². The number of hydrogen-bond acceptors (Lipinski definition) is 4. The number of rotatable bonds is 0. The second-order valence-corrected chi connectivity index (χ2v) is 7.96. The molecule has 0 amide bonds. The van der Waals surface area contributed by atoms with Gasteiger partial charge in [-0.25, -0.2) is 0 Å². The molecule has 136 valence electrons. The van der Waals surface area contributed by atoms with Crippen LogP contribution in [0.1, 0.15) is 59.3 Å². The lowest BCUT2D eigenvalue weighted by atomic mass is 9.72. The molecule has 1 spiro atoms. The van der Waals surface area contributed by atoms with Crippen molar-refractivity contribution in [1.29, 1.82) is 0 Å². The van der Waals surface area contributed by atoms with E-state index in [4.69, 9.17) is 4.74 Å². The first-order chi connectivity index (χ1) is 12.0. The molecule has 0 aromatic rings. The monoisotopic (exact) mass is 342 g/mol. The first-order valence-electron chi connectivity index (χ1n) is 9.54. The van der Waals surface area contributed by atoms with E-state index in [1.807, 2.05) is 0 Å². The maximum Gasteiger partial charge on any atom is 0.317 e. The lowest BCUT2D eigenvalue weighted by Crippen LogP contribution is -2.38. The number of nitrogens with zero attached hydrogens (tertiary/aromatic N) is 2. The molecule has 3 aliphatic rings. The van der Waals surface area contributed by atoms with Gasteiger partial charge in [0.1, 0.15) is 11.5 Å². The van der Waals surface area contributed by atoms with Crippen LogP contribution in [-0.4, -0.2) is 25.2 Å². The predicted molar refractivity (Wildman–Crippen MR) is 99.4 cm³/mol. The fourth-order valence-corrected chi connectivity index (χ4v) is 4.19. The normalized spacial score (nSPS) is 36.4. The first kappa shape index (κ1) is 18.1. The van der Waals surface area contributed by atoms with Gasteiger partial charge in [0.05, 0.1) is 13.1 Å². The molecule has 1 saturated heterocycles. The Morgan fingerprint density at radius 1 is 0.960 bits per heavy atom. The second-order valence-electron chi connectivity index (χ2n) is 7.96. The molecule has 3 rings (SSSR count). The van der Waals surface area contributed by atoms with Crippen LogP contribution in [0, 0.1) is 11.3 Å². The molecular weight excluding hydrogens is 312 g/mol. The van der Waals surface area contributed by atoms with Crippen LogP contribution in [0.5, 0.6) is 0 Å². The van der Waals surface area contributed by atoms with Crippen molar-refractivity contribution in [2.24, 2.45) is 21.6 Å². The van der Waals surface area contributed by atoms with Crippen molar-refractivity contribution in [1.82, 2.24) is 0 Å². The zero-order valence-corrected chi connectivity index (χ0v) is 15.8. The largest absolute Gasteiger partial charge is 0.457 e. The van der Waals surface area contributed by atoms with Crippen LogP contribution in [0.3, 0.4) is 0 Å². The van der Waals surface area contributed by atoms with E-state index in [1.165, 1.54) is 16.7 Å². The van der Waals surface area contributed by atoms with Gasteiger partial charge in [-0.05, 0) is 65.4 Å². The maximum atomic E-state index is 12.6. The lowest BCUT2D eigenvalue weighted by molar-refractivity contribution is -0.146. The van der Waals surface area contributed by atoms with Gasteiger partial charge < -0.3 is 4.74 Å². The summed E-state index contributed by atoms with van der Waals surface area (Å²) in [6, 6.07) is 0. The molecule has 4 heteroatoms. The minimum Gasteiger partial charge on any atom is -0.457 e. The Kier molecular flexibility index (Phi) is 5.55. The molecule has 0 radical (unpaired) electrons. The molecule has 2 aliphatic heterocycles. The van der Waals surface area contributed by atoms with Gasteiger partial charge in [-0.1, -0.05) is 28.9 Å². The highest BCUT2D eigenvalue weighted by molar-refractivity contribution is 5.81. The van der Waals surface area contributed by atoms with E-state index < -0.39 is 5.41 Å². The van der Waals surface area contributed by atoms with E-state index in [0.29, 0.717) is 13.1 Å². The van der Waals surface area contributed by atoms with Crippen LogP contribution in [0.15, 0.2) is 45.2 Å². The number of hydrogen-bond donors (Lipinski definition) is 0. The summed E-state index contributed by atoms with van der Waals surface area (Å²) < 4.78 is 5.82. The number of azo groups is 1. The number of allylic oxidation sites excluding steroid dienone is 5. The van der Waals surface area contributed by atoms with Crippen LogP contribution < -0.4 is 0 Å². The highest BCUT2D eigenvalue weighted by atomic mass is 16.6. The second kappa shape index (κ2) is 7.67. The summed E-state index contributed by atoms with van der Waals surface area (Å²) >= 11 is 0. The Balaban J connectivity index is 1.86. The van der Waals surface area contributed by atoms with Gasteiger partial charge >= 0.3 is 5.97 Å². The molecule has 0 aromatic carbocycles. The Bertz CT molecular complexity index is 634. The van der Waals surface area contributed by atoms with Gasteiger partial charge in [-0.2, -0.15) is 10.2 Å². The molecule has 0 N–H and O–H groups in total. The zero-order valence-electron chi connectivity index (χ0n) is 15.8. The molecule has 4 nitrogen and oxygen atoms in total. The van der Waals surface area contributed by atoms with Crippen LogP contribution >= 0.6 is 0 Å². The number of esters is 1. The Morgan fingerprint density at radius 3 is 2.24 bits per heavy atom. The van der Waals surface area contributed by atoms with Crippen LogP contribution in [0.2, 0.25) is 0 Å². The van der Waals surface area contributed by atoms with Gasteiger partial charge in [0.2, 0.25) is 0 Å². The number of carbonyl (C=O) groups is 1. The molecule has 0 bridgehead atoms. The summed E-state index contributed by atoms with van der Waals surface area (Å²) in [4.78, 5) is 12.6. The highest BCUT2D eigenvalue weighted by Gasteiger charge is 2.57. The Hall–Kier alpha value is -1.71. The fourth-order valence-electron chi connectivity index (χ4n) is 4.19. The fraction of sp³-hybridized carbons (Fsp3) is 0.667. The molecule has 0 unspecified atom stereocenters. The van der Waals surface area contributed by atoms with Gasteiger partial charge in [-0.3, -0.25) is 4.79 Å². The highest BCUT2D eigenvalue weighted by Crippen LogP contribution is 2.46. The van der Waals surface area contributed by atoms with Crippen molar-refractivity contribution in [3.63, 3.8) is 0 Å². The summed E-state index contributed by atoms with van der Waals surface area (Å²) in [7, 11) is 0. The first-order valence-corrected chi connectivity index (χ1v) is 9.54. The summed E-state index contributed by atoms with van der Waals surface area (Å²) in [5, 5.41) is 8.29. The molecule has 1 aliphatic carbocycles. The van der Waals surface area contributed by atoms with E-state index in [1.54, 1.807) is 0 Å². The third kappa shape index (κ3) is 3.94. The van der Waals surface area contributed by atoms with Crippen molar-refractivity contribution in [3.05, 3.63) is 34.9 Å². The summed E-state index contributed by atoms with van der Waals surface area (Å²) in [6.07, 6.45) is 13.0. The average molecular weight is 342 g/mol. The third-order valence-corrected chi connectivity index (χ3v) is 5.92. The molecule has 25 heavy (non-hydrogen) atoms. The van der Waals surface area contributed by atoms with Gasteiger partial charge in [0.25, 0.3) is 0 Å². The van der Waals surface area contributed by atoms with Crippen LogP contribution in [0.4, 0.5) is 0 Å². The van der Waals surface area contributed by atoms with Crippen molar-refractivity contribution in [2.45, 2.75) is 65.4 Å². The standard InChI is InChI=1S/C21H30N2O2/c1-15-6-4-8-16(2)10-11-18-19(12-17(3)9-5-7-15)25-20(24)21(18)13-22-23-14-21/h7-8,12,18-19H,4-6,9-11,13-14H2,1-3H3/b15-7+,16-8+,17-12+/t18-,19-/m0/s1. The van der Waals surface area contributed by atoms with Gasteiger partial charge in [0.15, 0.2) is 0 Å². The van der Waals surface area contributed by atoms with Gasteiger partial charge in [-0.15, -0.1) is 0 Å². The SMILES string of the molecule is C/C1=C\CC/C(C)=C/[C@@H]2OC(=O)C3(CN=NC3)[C@H]2CC/C(C)=C/CC1. The van der Waals surface area contributed by atoms with Crippen LogP contribution in [-0.2, 0) is 9.53 Å². The Morgan fingerprint density at radius 2 is 1.56 bits per heavy atom. The van der Waals surface area contributed by atoms with Gasteiger partial charge in [0, 0.05) is 5.92 Å². The Labute approximate surface area is 151 Å². The third-order valence-electron chi connectivity index (χ3n) is 5.92. The topological polar surface area (TPSA) is 51.0 Å². The van der Waals surface area contributed by atoms with E-state index in [2.05, 4.69) is 49.2 Å². The lowest BCUT2D eigenvalue weighted by Gasteiger charge is -2.26. The van der Waals surface area contributed by atoms with E-state index in [9.17, 15) is 4.79 Å². The molecule has 2 heterocycles. The van der Waals surface area contributed by atoms with E-state index in [0.717, 1.165) is 38.5 Å². The quantitative estimate of drug-likeness (QED) is 0.450. The molecule has 0 aromatic heterocycles. The summed E-state index contributed by atoms with van der Waals surface area (Å²) in [5.41, 5.74) is 3.66. The number of fused-ring (bicyclic) bond motifs is 2. The number of carbonyl (C=O) groups excluding carboxylic acids is 1. The van der Waals surface area contributed by atoms with Crippen LogP contribution in [0.25, 0.3) is 0 Å². The smallest absolute Gasteiger partial charge is 0.317 e. The molecule has 1 fully saturated rings. The minimum atomic E-state index is -0.519.